The van der Waals surface area contributed by atoms with Crippen LogP contribution in [0.2, 0.25) is 0 Å². The predicted molar refractivity (Wildman–Crippen MR) is 90.9 cm³/mol. The number of aryl methyl sites for hydroxylation is 1. The van der Waals surface area contributed by atoms with E-state index in [1.807, 2.05) is 12.1 Å². The summed E-state index contributed by atoms with van der Waals surface area (Å²) >= 11 is 0. The average Bonchev–Trinajstić information content (AvgIpc) is 2.53. The van der Waals surface area contributed by atoms with Gasteiger partial charge in [0.15, 0.2) is 18.1 Å². The van der Waals surface area contributed by atoms with Gasteiger partial charge in [-0.05, 0) is 31.5 Å². The molecule has 1 amide bonds. The van der Waals surface area contributed by atoms with Crippen molar-refractivity contribution in [3.8, 4) is 11.5 Å². The lowest BCUT2D eigenvalue weighted by Crippen LogP contribution is -2.20. The third-order valence-electron chi connectivity index (χ3n) is 3.46. The smallest absolute Gasteiger partial charge is 0.255 e. The molecule has 2 rings (SSSR count). The van der Waals surface area contributed by atoms with Gasteiger partial charge in [-0.1, -0.05) is 29.8 Å². The Bertz CT molecular complexity index is 686. The minimum Gasteiger partial charge on any atom is -0.493 e. The molecule has 0 unspecified atom stereocenters. The Balaban J connectivity index is 2.16. The minimum absolute atomic E-state index is 0.132. The number of ether oxygens (including phenoxy) is 2. The number of anilines is 1. The van der Waals surface area contributed by atoms with Crippen molar-refractivity contribution < 1.29 is 14.3 Å². The molecule has 0 aliphatic carbocycles. The second-order valence-corrected chi connectivity index (χ2v) is 5.40. The van der Waals surface area contributed by atoms with E-state index in [-0.39, 0.29) is 12.6 Å². The molecule has 122 valence electrons. The van der Waals surface area contributed by atoms with Gasteiger partial charge in [-0.25, -0.2) is 0 Å². The summed E-state index contributed by atoms with van der Waals surface area (Å²) in [7, 11) is 1.55. The summed E-state index contributed by atoms with van der Waals surface area (Å²) in [6.45, 7) is 3.97. The molecule has 0 fully saturated rings. The first-order chi connectivity index (χ1) is 11.0. The zero-order valence-electron chi connectivity index (χ0n) is 13.6. The molecule has 2 aromatic carbocycles. The van der Waals surface area contributed by atoms with Crippen molar-refractivity contribution in [3.63, 3.8) is 0 Å². The standard InChI is InChI=1S/C18H22N2O3/c1-12-5-4-6-14(9-12)13(2)20-15-7-8-16(22-3)17(10-15)23-11-18(19)21/h4-10,13,20H,11H2,1-3H3,(H2,19,21)/t13-/m1/s1. The van der Waals surface area contributed by atoms with E-state index < -0.39 is 5.91 Å². The number of hydrogen-bond donors (Lipinski definition) is 2. The number of benzene rings is 2. The van der Waals surface area contributed by atoms with E-state index in [2.05, 4.69) is 37.4 Å². The second-order valence-electron chi connectivity index (χ2n) is 5.40. The van der Waals surface area contributed by atoms with E-state index in [1.54, 1.807) is 19.2 Å². The molecule has 2 aromatic rings. The molecule has 0 aliphatic heterocycles. The molecule has 23 heavy (non-hydrogen) atoms. The number of methoxy groups -OCH3 is 1. The third kappa shape index (κ3) is 4.64. The van der Waals surface area contributed by atoms with Crippen LogP contribution in [-0.4, -0.2) is 19.6 Å². The van der Waals surface area contributed by atoms with Crippen molar-refractivity contribution in [2.45, 2.75) is 19.9 Å². The Hall–Kier alpha value is -2.69. The molecule has 0 aliphatic rings. The topological polar surface area (TPSA) is 73.6 Å². The van der Waals surface area contributed by atoms with Crippen LogP contribution in [-0.2, 0) is 4.79 Å². The second kappa shape index (κ2) is 7.54. The van der Waals surface area contributed by atoms with E-state index in [4.69, 9.17) is 15.2 Å². The monoisotopic (exact) mass is 314 g/mol. The van der Waals surface area contributed by atoms with Gasteiger partial charge in [0.1, 0.15) is 0 Å². The lowest BCUT2D eigenvalue weighted by molar-refractivity contribution is -0.119. The molecule has 5 nitrogen and oxygen atoms in total. The number of primary amides is 1. The van der Waals surface area contributed by atoms with Crippen LogP contribution in [0.25, 0.3) is 0 Å². The van der Waals surface area contributed by atoms with Gasteiger partial charge in [-0.3, -0.25) is 4.79 Å². The fourth-order valence-electron chi connectivity index (χ4n) is 2.30. The van der Waals surface area contributed by atoms with Gasteiger partial charge in [0, 0.05) is 17.8 Å². The first-order valence-corrected chi connectivity index (χ1v) is 7.42. The van der Waals surface area contributed by atoms with E-state index in [0.717, 1.165) is 5.69 Å². The van der Waals surface area contributed by atoms with E-state index in [9.17, 15) is 4.79 Å². The minimum atomic E-state index is -0.529. The Labute approximate surface area is 136 Å². The lowest BCUT2D eigenvalue weighted by Gasteiger charge is -2.18. The van der Waals surface area contributed by atoms with Crippen LogP contribution in [0.15, 0.2) is 42.5 Å². The quantitative estimate of drug-likeness (QED) is 0.824. The summed E-state index contributed by atoms with van der Waals surface area (Å²) in [4.78, 5) is 10.9. The molecule has 0 aromatic heterocycles. The third-order valence-corrected chi connectivity index (χ3v) is 3.46. The molecule has 0 saturated heterocycles. The van der Waals surface area contributed by atoms with Gasteiger partial charge >= 0.3 is 0 Å². The normalized spacial score (nSPS) is 11.6. The van der Waals surface area contributed by atoms with E-state index in [0.29, 0.717) is 11.5 Å². The molecule has 0 radical (unpaired) electrons. The number of carbonyl (C=O) groups excluding carboxylic acids is 1. The van der Waals surface area contributed by atoms with E-state index >= 15 is 0 Å². The fourth-order valence-corrected chi connectivity index (χ4v) is 2.30. The fraction of sp³-hybridized carbons (Fsp3) is 0.278. The van der Waals surface area contributed by atoms with Gasteiger partial charge in [0.25, 0.3) is 5.91 Å². The molecule has 1 atom stereocenters. The number of nitrogens with two attached hydrogens (primary N) is 1. The van der Waals surface area contributed by atoms with Gasteiger partial charge in [0.05, 0.1) is 7.11 Å². The number of hydrogen-bond acceptors (Lipinski definition) is 4. The molecular weight excluding hydrogens is 292 g/mol. The largest absolute Gasteiger partial charge is 0.493 e. The number of amides is 1. The number of carbonyl (C=O) groups is 1. The van der Waals surface area contributed by atoms with Crippen molar-refractivity contribution in [1.82, 2.24) is 0 Å². The van der Waals surface area contributed by atoms with Crippen molar-refractivity contribution in [2.24, 2.45) is 5.73 Å². The summed E-state index contributed by atoms with van der Waals surface area (Å²) in [6, 6.07) is 14.0. The van der Waals surface area contributed by atoms with Gasteiger partial charge in [0.2, 0.25) is 0 Å². The Morgan fingerprint density at radius 1 is 1.22 bits per heavy atom. The summed E-state index contributed by atoms with van der Waals surface area (Å²) < 4.78 is 10.6. The Morgan fingerprint density at radius 3 is 2.65 bits per heavy atom. The van der Waals surface area contributed by atoms with Crippen LogP contribution in [0.4, 0.5) is 5.69 Å². The first kappa shape index (κ1) is 16.7. The van der Waals surface area contributed by atoms with Crippen LogP contribution in [0.5, 0.6) is 11.5 Å². The van der Waals surface area contributed by atoms with E-state index in [1.165, 1.54) is 11.1 Å². The molecule has 0 saturated carbocycles. The zero-order valence-corrected chi connectivity index (χ0v) is 13.6. The molecule has 0 bridgehead atoms. The van der Waals surface area contributed by atoms with Gasteiger partial charge < -0.3 is 20.5 Å². The van der Waals surface area contributed by atoms with Crippen LogP contribution in [0.1, 0.15) is 24.1 Å². The van der Waals surface area contributed by atoms with Crippen molar-refractivity contribution >= 4 is 11.6 Å². The number of rotatable bonds is 7. The molecule has 5 heteroatoms. The summed E-state index contributed by atoms with van der Waals surface area (Å²) in [6.07, 6.45) is 0. The summed E-state index contributed by atoms with van der Waals surface area (Å²) in [5.41, 5.74) is 8.41. The Kier molecular flexibility index (Phi) is 5.46. The van der Waals surface area contributed by atoms with Gasteiger partial charge in [-0.2, -0.15) is 0 Å². The highest BCUT2D eigenvalue weighted by atomic mass is 16.5. The highest BCUT2D eigenvalue weighted by Crippen LogP contribution is 2.31. The zero-order chi connectivity index (χ0) is 16.8. The lowest BCUT2D eigenvalue weighted by atomic mass is 10.1. The SMILES string of the molecule is COc1ccc(N[C@H](C)c2cccc(C)c2)cc1OCC(N)=O. The highest BCUT2D eigenvalue weighted by molar-refractivity contribution is 5.75. The van der Waals surface area contributed by atoms with Crippen molar-refractivity contribution in [3.05, 3.63) is 53.6 Å². The predicted octanol–water partition coefficient (Wildman–Crippen LogP) is 3.04. The Morgan fingerprint density at radius 2 is 2.00 bits per heavy atom. The summed E-state index contributed by atoms with van der Waals surface area (Å²) in [5, 5.41) is 3.41. The molecule has 3 N–H and O–H groups in total. The first-order valence-electron chi connectivity index (χ1n) is 7.42. The summed E-state index contributed by atoms with van der Waals surface area (Å²) in [5.74, 6) is 0.506. The van der Waals surface area contributed by atoms with Gasteiger partial charge in [-0.15, -0.1) is 0 Å². The molecular formula is C18H22N2O3. The molecule has 0 heterocycles. The maximum absolute atomic E-state index is 10.9. The average molecular weight is 314 g/mol. The van der Waals surface area contributed by atoms with Crippen molar-refractivity contribution in [2.75, 3.05) is 19.0 Å². The van der Waals surface area contributed by atoms with Crippen LogP contribution in [0, 0.1) is 6.92 Å². The number of nitrogens with one attached hydrogen (secondary N) is 1. The van der Waals surface area contributed by atoms with Crippen LogP contribution < -0.4 is 20.5 Å². The van der Waals surface area contributed by atoms with Crippen LogP contribution >= 0.6 is 0 Å². The van der Waals surface area contributed by atoms with Crippen LogP contribution in [0.3, 0.4) is 0 Å². The molecule has 0 spiro atoms. The van der Waals surface area contributed by atoms with Crippen molar-refractivity contribution in [1.29, 1.82) is 0 Å². The maximum Gasteiger partial charge on any atom is 0.255 e. The highest BCUT2D eigenvalue weighted by Gasteiger charge is 2.10. The maximum atomic E-state index is 10.9.